The van der Waals surface area contributed by atoms with Gasteiger partial charge in [0.2, 0.25) is 5.89 Å². The van der Waals surface area contributed by atoms with Crippen LogP contribution in [0.2, 0.25) is 0 Å². The van der Waals surface area contributed by atoms with Crippen molar-refractivity contribution < 1.29 is 9.26 Å². The van der Waals surface area contributed by atoms with Crippen molar-refractivity contribution in [3.8, 4) is 0 Å². The maximum Gasteiger partial charge on any atom is 0.271 e. The lowest BCUT2D eigenvalue weighted by Gasteiger charge is -2.01. The first kappa shape index (κ1) is 12.7. The minimum absolute atomic E-state index is 0.0843. The molecule has 0 aromatic carbocycles. The lowest BCUT2D eigenvalue weighted by atomic mass is 10.1. The highest BCUT2D eigenvalue weighted by Crippen LogP contribution is 2.22. The van der Waals surface area contributed by atoms with Crippen LogP contribution in [0.25, 0.3) is 10.2 Å². The van der Waals surface area contributed by atoms with Crippen LogP contribution in [-0.4, -0.2) is 32.9 Å². The molecule has 1 aliphatic rings. The zero-order valence-corrected chi connectivity index (χ0v) is 11.9. The average molecular weight is 304 g/mol. The summed E-state index contributed by atoms with van der Waals surface area (Å²) in [6, 6.07) is 1.83. The Morgan fingerprint density at radius 1 is 1.48 bits per heavy atom. The number of nitrogens with zero attached hydrogens (tertiary/aromatic N) is 4. The molecule has 0 N–H and O–H groups in total. The van der Waals surface area contributed by atoms with Crippen LogP contribution >= 0.6 is 11.3 Å². The summed E-state index contributed by atoms with van der Waals surface area (Å²) in [4.78, 5) is 20.9. The molecular formula is C13H12N4O3S. The topological polar surface area (TPSA) is 83.0 Å². The fraction of sp³-hybridized carbons (Fsp3) is 0.385. The van der Waals surface area contributed by atoms with Crippen LogP contribution in [0, 0.1) is 0 Å². The normalized spacial score (nSPS) is 18.6. The van der Waals surface area contributed by atoms with E-state index in [0.717, 1.165) is 18.5 Å². The number of fused-ring (bicyclic) bond motifs is 1. The minimum Gasteiger partial charge on any atom is -0.381 e. The van der Waals surface area contributed by atoms with Gasteiger partial charge in [-0.15, -0.1) is 11.3 Å². The van der Waals surface area contributed by atoms with E-state index in [2.05, 4.69) is 15.1 Å². The first-order valence-corrected chi connectivity index (χ1v) is 7.52. The first-order chi connectivity index (χ1) is 10.3. The van der Waals surface area contributed by atoms with E-state index in [1.54, 1.807) is 0 Å². The summed E-state index contributed by atoms with van der Waals surface area (Å²) in [5.41, 5.74) is 0.634. The molecule has 7 nitrogen and oxygen atoms in total. The molecule has 1 saturated heterocycles. The highest BCUT2D eigenvalue weighted by molar-refractivity contribution is 7.17. The maximum absolute atomic E-state index is 12.3. The first-order valence-electron chi connectivity index (χ1n) is 6.64. The predicted octanol–water partition coefficient (Wildman–Crippen LogP) is 1.39. The van der Waals surface area contributed by atoms with Crippen molar-refractivity contribution in [2.75, 3.05) is 13.2 Å². The van der Waals surface area contributed by atoms with E-state index in [-0.39, 0.29) is 18.0 Å². The number of thiophene rings is 1. The third-order valence-electron chi connectivity index (χ3n) is 3.52. The highest BCUT2D eigenvalue weighted by Gasteiger charge is 2.23. The lowest BCUT2D eigenvalue weighted by molar-refractivity contribution is 0.192. The molecule has 21 heavy (non-hydrogen) atoms. The monoisotopic (exact) mass is 304 g/mol. The Morgan fingerprint density at radius 3 is 3.29 bits per heavy atom. The quantitative estimate of drug-likeness (QED) is 0.727. The SMILES string of the molecule is O=c1c2sccc2ncn1Cc1nc(C2CCOC2)no1. The summed E-state index contributed by atoms with van der Waals surface area (Å²) in [5, 5.41) is 5.83. The molecule has 1 atom stereocenters. The van der Waals surface area contributed by atoms with Crippen molar-refractivity contribution in [3.63, 3.8) is 0 Å². The fourth-order valence-corrected chi connectivity index (χ4v) is 3.17. The van der Waals surface area contributed by atoms with Crippen LogP contribution in [0.5, 0.6) is 0 Å². The van der Waals surface area contributed by atoms with Crippen molar-refractivity contribution in [2.24, 2.45) is 0 Å². The molecule has 0 spiro atoms. The van der Waals surface area contributed by atoms with Gasteiger partial charge in [0, 0.05) is 12.5 Å². The third kappa shape index (κ3) is 2.26. The van der Waals surface area contributed by atoms with Gasteiger partial charge < -0.3 is 9.26 Å². The number of ether oxygens (including phenoxy) is 1. The molecular weight excluding hydrogens is 292 g/mol. The standard InChI is InChI=1S/C13H12N4O3S/c18-13-11-9(2-4-21-11)14-7-17(13)5-10-15-12(16-20-10)8-1-3-19-6-8/h2,4,7-8H,1,3,5-6H2. The lowest BCUT2D eigenvalue weighted by Crippen LogP contribution is -2.20. The van der Waals surface area contributed by atoms with Crippen LogP contribution in [0.1, 0.15) is 24.1 Å². The summed E-state index contributed by atoms with van der Waals surface area (Å²) in [6.45, 7) is 1.59. The molecule has 0 bridgehead atoms. The molecule has 3 aromatic rings. The number of aromatic nitrogens is 4. The van der Waals surface area contributed by atoms with E-state index in [1.165, 1.54) is 22.2 Å². The fourth-order valence-electron chi connectivity index (χ4n) is 2.37. The van der Waals surface area contributed by atoms with Crippen molar-refractivity contribution in [1.82, 2.24) is 19.7 Å². The number of hydrogen-bond acceptors (Lipinski definition) is 7. The Hall–Kier alpha value is -2.06. The largest absolute Gasteiger partial charge is 0.381 e. The van der Waals surface area contributed by atoms with Crippen LogP contribution in [0.15, 0.2) is 27.1 Å². The summed E-state index contributed by atoms with van der Waals surface area (Å²) in [6.07, 6.45) is 2.42. The van der Waals surface area contributed by atoms with Crippen LogP contribution in [-0.2, 0) is 11.3 Å². The Bertz CT molecular complexity index is 831. The second-order valence-corrected chi connectivity index (χ2v) is 5.84. The van der Waals surface area contributed by atoms with Crippen molar-refractivity contribution >= 4 is 21.6 Å². The average Bonchev–Trinajstić information content (AvgIpc) is 3.21. The molecule has 0 aliphatic carbocycles. The second kappa shape index (κ2) is 5.05. The molecule has 0 radical (unpaired) electrons. The van der Waals surface area contributed by atoms with E-state index < -0.39 is 0 Å². The van der Waals surface area contributed by atoms with Crippen molar-refractivity contribution in [3.05, 3.63) is 39.8 Å². The molecule has 1 aliphatic heterocycles. The minimum atomic E-state index is -0.0843. The Balaban J connectivity index is 1.62. The molecule has 8 heteroatoms. The van der Waals surface area contributed by atoms with Crippen LogP contribution in [0.3, 0.4) is 0 Å². The van der Waals surface area contributed by atoms with Crippen LogP contribution < -0.4 is 5.56 Å². The smallest absolute Gasteiger partial charge is 0.271 e. The zero-order valence-electron chi connectivity index (χ0n) is 11.1. The maximum atomic E-state index is 12.3. The Kier molecular flexibility index (Phi) is 3.04. The van der Waals surface area contributed by atoms with E-state index in [1.807, 2.05) is 11.4 Å². The summed E-state index contributed by atoms with van der Waals surface area (Å²) in [7, 11) is 0. The summed E-state index contributed by atoms with van der Waals surface area (Å²) in [5.74, 6) is 1.26. The Labute approximate surface area is 123 Å². The van der Waals surface area contributed by atoms with Gasteiger partial charge in [-0.3, -0.25) is 9.36 Å². The zero-order chi connectivity index (χ0) is 14.2. The van der Waals surface area contributed by atoms with Crippen molar-refractivity contribution in [1.29, 1.82) is 0 Å². The van der Waals surface area contributed by atoms with E-state index >= 15 is 0 Å². The van der Waals surface area contributed by atoms with Gasteiger partial charge >= 0.3 is 0 Å². The van der Waals surface area contributed by atoms with E-state index in [0.29, 0.717) is 23.0 Å². The van der Waals surface area contributed by atoms with E-state index in [9.17, 15) is 4.79 Å². The number of hydrogen-bond donors (Lipinski definition) is 0. The van der Waals surface area contributed by atoms with Gasteiger partial charge in [-0.1, -0.05) is 5.16 Å². The molecule has 1 unspecified atom stereocenters. The molecule has 4 rings (SSSR count). The molecule has 3 aromatic heterocycles. The molecule has 0 amide bonds. The molecule has 4 heterocycles. The van der Waals surface area contributed by atoms with Gasteiger partial charge in [0.1, 0.15) is 11.2 Å². The van der Waals surface area contributed by atoms with Gasteiger partial charge in [-0.05, 0) is 17.9 Å². The molecule has 108 valence electrons. The van der Waals surface area contributed by atoms with Gasteiger partial charge in [-0.25, -0.2) is 4.98 Å². The Morgan fingerprint density at radius 2 is 2.43 bits per heavy atom. The van der Waals surface area contributed by atoms with Gasteiger partial charge in [0.05, 0.1) is 18.5 Å². The van der Waals surface area contributed by atoms with Gasteiger partial charge in [-0.2, -0.15) is 4.98 Å². The highest BCUT2D eigenvalue weighted by atomic mass is 32.1. The molecule has 0 saturated carbocycles. The van der Waals surface area contributed by atoms with Crippen molar-refractivity contribution in [2.45, 2.75) is 18.9 Å². The van der Waals surface area contributed by atoms with E-state index in [4.69, 9.17) is 9.26 Å². The van der Waals surface area contributed by atoms with Gasteiger partial charge in [0.25, 0.3) is 5.56 Å². The number of rotatable bonds is 3. The third-order valence-corrected chi connectivity index (χ3v) is 4.41. The predicted molar refractivity (Wildman–Crippen MR) is 75.5 cm³/mol. The summed E-state index contributed by atoms with van der Waals surface area (Å²) < 4.78 is 12.7. The second-order valence-electron chi connectivity index (χ2n) is 4.92. The van der Waals surface area contributed by atoms with Gasteiger partial charge in [0.15, 0.2) is 5.82 Å². The van der Waals surface area contributed by atoms with Crippen LogP contribution in [0.4, 0.5) is 0 Å². The summed E-state index contributed by atoms with van der Waals surface area (Å²) >= 11 is 1.39. The molecule has 1 fully saturated rings.